The molecular weight excluding hydrogens is 290 g/mol. The molecular formula is C18H21N3O2. The van der Waals surface area contributed by atoms with E-state index in [2.05, 4.69) is 9.97 Å². The molecule has 0 spiro atoms. The van der Waals surface area contributed by atoms with Gasteiger partial charge in [-0.15, -0.1) is 0 Å². The molecule has 5 nitrogen and oxygen atoms in total. The number of hydrogen-bond donors (Lipinski definition) is 0. The van der Waals surface area contributed by atoms with Gasteiger partial charge in [0.15, 0.2) is 0 Å². The second-order valence-corrected chi connectivity index (χ2v) is 5.78. The maximum atomic E-state index is 12.7. The van der Waals surface area contributed by atoms with Gasteiger partial charge in [-0.25, -0.2) is 0 Å². The number of rotatable bonds is 5. The minimum Gasteiger partial charge on any atom is -0.379 e. The molecule has 0 saturated carbocycles. The summed E-state index contributed by atoms with van der Waals surface area (Å²) in [7, 11) is 1.72. The second-order valence-electron chi connectivity index (χ2n) is 5.78. The number of amides is 1. The lowest BCUT2D eigenvalue weighted by atomic mass is 10.0. The van der Waals surface area contributed by atoms with Crippen molar-refractivity contribution in [2.45, 2.75) is 31.4 Å². The van der Waals surface area contributed by atoms with Crippen LogP contribution in [0.1, 0.15) is 17.7 Å². The number of carbonyl (C=O) groups excluding carboxylic acids is 1. The summed E-state index contributed by atoms with van der Waals surface area (Å²) < 4.78 is 5.60. The van der Waals surface area contributed by atoms with E-state index in [-0.39, 0.29) is 18.1 Å². The average Bonchev–Trinajstić information content (AvgIpc) is 2.99. The Morgan fingerprint density at radius 2 is 2.22 bits per heavy atom. The minimum atomic E-state index is 0.0559. The quantitative estimate of drug-likeness (QED) is 0.846. The van der Waals surface area contributed by atoms with E-state index in [1.807, 2.05) is 41.4 Å². The number of aromatic nitrogens is 2. The van der Waals surface area contributed by atoms with Crippen molar-refractivity contribution in [1.29, 1.82) is 0 Å². The standard InChI is InChI=1S/C18H21N3O2/c1-23-17-7-10-21(16(17)11-14-5-4-8-19-13-14)18(22)12-15-6-2-3-9-20-15/h2-6,8-9,13,16-17H,7,10-12H2,1H3/t16-,17-/m1/s1. The first kappa shape index (κ1) is 15.6. The number of carbonyl (C=O) groups is 1. The highest BCUT2D eigenvalue weighted by Gasteiger charge is 2.37. The molecule has 23 heavy (non-hydrogen) atoms. The fraction of sp³-hybridized carbons (Fsp3) is 0.389. The van der Waals surface area contributed by atoms with Gasteiger partial charge in [0, 0.05) is 37.9 Å². The molecule has 0 unspecified atom stereocenters. The highest BCUT2D eigenvalue weighted by atomic mass is 16.5. The number of methoxy groups -OCH3 is 1. The van der Waals surface area contributed by atoms with Crippen molar-refractivity contribution >= 4 is 5.91 Å². The molecule has 2 atom stereocenters. The molecule has 1 saturated heterocycles. The number of hydrogen-bond acceptors (Lipinski definition) is 4. The third-order valence-corrected chi connectivity index (χ3v) is 4.33. The largest absolute Gasteiger partial charge is 0.379 e. The first-order chi connectivity index (χ1) is 11.3. The van der Waals surface area contributed by atoms with Crippen molar-refractivity contribution in [1.82, 2.24) is 14.9 Å². The third kappa shape index (κ3) is 3.74. The van der Waals surface area contributed by atoms with Gasteiger partial charge in [0.25, 0.3) is 0 Å². The van der Waals surface area contributed by atoms with Gasteiger partial charge in [-0.3, -0.25) is 14.8 Å². The summed E-state index contributed by atoms with van der Waals surface area (Å²) in [6.07, 6.45) is 7.37. The molecule has 0 bridgehead atoms. The first-order valence-electron chi connectivity index (χ1n) is 7.89. The lowest BCUT2D eigenvalue weighted by Crippen LogP contribution is -2.42. The average molecular weight is 311 g/mol. The van der Waals surface area contributed by atoms with Gasteiger partial charge in [-0.2, -0.15) is 0 Å². The van der Waals surface area contributed by atoms with Crippen LogP contribution in [-0.4, -0.2) is 46.6 Å². The first-order valence-corrected chi connectivity index (χ1v) is 7.89. The van der Waals surface area contributed by atoms with Gasteiger partial charge in [0.2, 0.25) is 5.91 Å². The van der Waals surface area contributed by atoms with E-state index in [0.29, 0.717) is 6.42 Å². The van der Waals surface area contributed by atoms with E-state index in [0.717, 1.165) is 30.6 Å². The molecule has 2 aromatic rings. The summed E-state index contributed by atoms with van der Waals surface area (Å²) in [6.45, 7) is 0.731. The summed E-state index contributed by atoms with van der Waals surface area (Å²) in [6, 6.07) is 9.67. The van der Waals surface area contributed by atoms with Crippen LogP contribution in [0.3, 0.4) is 0 Å². The van der Waals surface area contributed by atoms with Gasteiger partial charge < -0.3 is 9.64 Å². The van der Waals surface area contributed by atoms with Crippen LogP contribution >= 0.6 is 0 Å². The number of likely N-dealkylation sites (tertiary alicyclic amines) is 1. The predicted octanol–water partition coefficient (Wildman–Crippen LogP) is 1.88. The van der Waals surface area contributed by atoms with Gasteiger partial charge in [0.1, 0.15) is 0 Å². The van der Waals surface area contributed by atoms with Gasteiger partial charge >= 0.3 is 0 Å². The smallest absolute Gasteiger partial charge is 0.228 e. The van der Waals surface area contributed by atoms with Crippen molar-refractivity contribution in [3.8, 4) is 0 Å². The fourth-order valence-corrected chi connectivity index (χ4v) is 3.17. The summed E-state index contributed by atoms with van der Waals surface area (Å²) >= 11 is 0. The molecule has 2 aromatic heterocycles. The van der Waals surface area contributed by atoms with E-state index >= 15 is 0 Å². The van der Waals surface area contributed by atoms with Crippen molar-refractivity contribution in [3.63, 3.8) is 0 Å². The topological polar surface area (TPSA) is 55.3 Å². The Labute approximate surface area is 136 Å². The van der Waals surface area contributed by atoms with Crippen LogP contribution in [0.4, 0.5) is 0 Å². The fourth-order valence-electron chi connectivity index (χ4n) is 3.17. The lowest BCUT2D eigenvalue weighted by molar-refractivity contribution is -0.132. The Morgan fingerprint density at radius 1 is 1.30 bits per heavy atom. The molecule has 3 heterocycles. The maximum absolute atomic E-state index is 12.7. The van der Waals surface area contributed by atoms with Crippen molar-refractivity contribution in [2.24, 2.45) is 0 Å². The van der Waals surface area contributed by atoms with Crippen LogP contribution in [0.25, 0.3) is 0 Å². The molecule has 1 amide bonds. The van der Waals surface area contributed by atoms with E-state index in [9.17, 15) is 4.79 Å². The molecule has 0 N–H and O–H groups in total. The molecule has 0 radical (unpaired) electrons. The van der Waals surface area contributed by atoms with Gasteiger partial charge in [-0.1, -0.05) is 12.1 Å². The summed E-state index contributed by atoms with van der Waals surface area (Å²) in [5, 5.41) is 0. The van der Waals surface area contributed by atoms with Crippen molar-refractivity contribution in [3.05, 3.63) is 60.2 Å². The van der Waals surface area contributed by atoms with E-state index in [4.69, 9.17) is 4.74 Å². The van der Waals surface area contributed by atoms with E-state index < -0.39 is 0 Å². The van der Waals surface area contributed by atoms with Crippen LogP contribution in [0.2, 0.25) is 0 Å². The lowest BCUT2D eigenvalue weighted by Gasteiger charge is -2.27. The van der Waals surface area contributed by atoms with Crippen LogP contribution in [0.5, 0.6) is 0 Å². The Hall–Kier alpha value is -2.27. The molecule has 3 rings (SSSR count). The molecule has 5 heteroatoms. The van der Waals surface area contributed by atoms with Gasteiger partial charge in [0.05, 0.1) is 18.6 Å². The molecule has 120 valence electrons. The van der Waals surface area contributed by atoms with Crippen LogP contribution in [-0.2, 0) is 22.4 Å². The summed E-state index contributed by atoms with van der Waals surface area (Å²) in [5.41, 5.74) is 1.93. The van der Waals surface area contributed by atoms with Gasteiger partial charge in [-0.05, 0) is 36.6 Å². The maximum Gasteiger partial charge on any atom is 0.228 e. The zero-order chi connectivity index (χ0) is 16.1. The Balaban J connectivity index is 1.72. The molecule has 1 aliphatic heterocycles. The minimum absolute atomic E-state index is 0.0559. The summed E-state index contributed by atoms with van der Waals surface area (Å²) in [4.78, 5) is 23.0. The normalized spacial score (nSPS) is 20.7. The highest BCUT2D eigenvalue weighted by molar-refractivity contribution is 5.79. The van der Waals surface area contributed by atoms with E-state index in [1.54, 1.807) is 19.5 Å². The molecule has 0 aromatic carbocycles. The van der Waals surface area contributed by atoms with Crippen molar-refractivity contribution in [2.75, 3.05) is 13.7 Å². The Kier molecular flexibility index (Phi) is 4.98. The second kappa shape index (κ2) is 7.33. The number of pyridine rings is 2. The monoisotopic (exact) mass is 311 g/mol. The summed E-state index contributed by atoms with van der Waals surface area (Å²) in [5.74, 6) is 0.108. The van der Waals surface area contributed by atoms with Crippen LogP contribution < -0.4 is 0 Å². The molecule has 0 aliphatic carbocycles. The third-order valence-electron chi connectivity index (χ3n) is 4.33. The van der Waals surface area contributed by atoms with Crippen LogP contribution in [0.15, 0.2) is 48.9 Å². The zero-order valence-corrected chi connectivity index (χ0v) is 13.3. The Bertz CT molecular complexity index is 633. The SMILES string of the molecule is CO[C@@H]1CCN(C(=O)Cc2ccccn2)[C@@H]1Cc1cccnc1. The molecule has 1 fully saturated rings. The number of nitrogens with zero attached hydrogens (tertiary/aromatic N) is 3. The van der Waals surface area contributed by atoms with Crippen LogP contribution in [0, 0.1) is 0 Å². The predicted molar refractivity (Wildman–Crippen MR) is 86.8 cm³/mol. The number of ether oxygens (including phenoxy) is 1. The van der Waals surface area contributed by atoms with Crippen molar-refractivity contribution < 1.29 is 9.53 Å². The molecule has 1 aliphatic rings. The Morgan fingerprint density at radius 3 is 2.91 bits per heavy atom. The zero-order valence-electron chi connectivity index (χ0n) is 13.3. The highest BCUT2D eigenvalue weighted by Crippen LogP contribution is 2.24. The van der Waals surface area contributed by atoms with E-state index in [1.165, 1.54) is 0 Å².